The number of allylic oxidation sites excluding steroid dienone is 2. The van der Waals surface area contributed by atoms with Crippen molar-refractivity contribution in [3.63, 3.8) is 0 Å². The highest BCUT2D eigenvalue weighted by Gasteiger charge is 2.38. The maximum absolute atomic E-state index is 12.7. The van der Waals surface area contributed by atoms with E-state index in [-0.39, 0.29) is 29.0 Å². The third-order valence-corrected chi connectivity index (χ3v) is 8.14. The maximum atomic E-state index is 12.7. The first-order chi connectivity index (χ1) is 16.1. The lowest BCUT2D eigenvalue weighted by atomic mass is 9.62. The second-order valence-electron chi connectivity index (χ2n) is 11.2. The molecule has 2 rings (SSSR count). The highest BCUT2D eigenvalue weighted by Crippen LogP contribution is 2.49. The lowest BCUT2D eigenvalue weighted by molar-refractivity contribution is -0.116. The summed E-state index contributed by atoms with van der Waals surface area (Å²) in [4.78, 5) is 12.7. The van der Waals surface area contributed by atoms with Crippen molar-refractivity contribution in [2.45, 2.75) is 85.7 Å². The minimum absolute atomic E-state index is 0.0156. The van der Waals surface area contributed by atoms with Gasteiger partial charge in [-0.3, -0.25) is 4.79 Å². The standard InChI is InChI=1S/C31H45NO2/c1-7-23(3)29(21-32)30(34)24(4)13-14-25(5)31(6)19-22(2)17-27(20-31)18-28(33)16-15-26-11-9-8-10-12-26/h8-12,15-16,22-24,27,29-30,34H,5,7,13-14,17-20H2,1-4,6H3/b16-15+/t22-,23?,24?,27+,29?,30?,31+/m0/s1. The third kappa shape index (κ3) is 7.95. The Hall–Kier alpha value is -2.18. The normalized spacial score (nSPS) is 26.4. The first-order valence-electron chi connectivity index (χ1n) is 13.1. The van der Waals surface area contributed by atoms with Crippen molar-refractivity contribution < 1.29 is 9.90 Å². The predicted molar refractivity (Wildman–Crippen MR) is 142 cm³/mol. The molecule has 3 nitrogen and oxygen atoms in total. The zero-order chi connectivity index (χ0) is 25.3. The van der Waals surface area contributed by atoms with Gasteiger partial charge in [0.05, 0.1) is 18.1 Å². The topological polar surface area (TPSA) is 61.1 Å². The molecule has 3 heteroatoms. The van der Waals surface area contributed by atoms with Gasteiger partial charge in [0.2, 0.25) is 0 Å². The van der Waals surface area contributed by atoms with Gasteiger partial charge in [-0.1, -0.05) is 89.6 Å². The van der Waals surface area contributed by atoms with Crippen molar-refractivity contribution in [1.29, 1.82) is 5.26 Å². The molecular weight excluding hydrogens is 418 g/mol. The molecule has 1 aliphatic carbocycles. The van der Waals surface area contributed by atoms with Gasteiger partial charge in [-0.25, -0.2) is 0 Å². The lowest BCUT2D eigenvalue weighted by Gasteiger charge is -2.43. The number of nitrogens with zero attached hydrogens (tertiary/aromatic N) is 1. The summed E-state index contributed by atoms with van der Waals surface area (Å²) >= 11 is 0. The van der Waals surface area contributed by atoms with Gasteiger partial charge >= 0.3 is 0 Å². The highest BCUT2D eigenvalue weighted by atomic mass is 16.3. The molecule has 0 saturated heterocycles. The van der Waals surface area contributed by atoms with Crippen LogP contribution >= 0.6 is 0 Å². The van der Waals surface area contributed by atoms with Crippen LogP contribution in [0.3, 0.4) is 0 Å². The van der Waals surface area contributed by atoms with Crippen molar-refractivity contribution in [2.24, 2.45) is 35.0 Å². The quantitative estimate of drug-likeness (QED) is 0.256. The van der Waals surface area contributed by atoms with Gasteiger partial charge < -0.3 is 5.11 Å². The molecule has 34 heavy (non-hydrogen) atoms. The van der Waals surface area contributed by atoms with E-state index in [4.69, 9.17) is 0 Å². The minimum Gasteiger partial charge on any atom is -0.391 e. The molecule has 0 spiro atoms. The molecule has 4 unspecified atom stereocenters. The Balaban J connectivity index is 1.94. The van der Waals surface area contributed by atoms with Crippen LogP contribution in [-0.2, 0) is 4.79 Å². The Labute approximate surface area is 208 Å². The van der Waals surface area contributed by atoms with E-state index in [1.165, 1.54) is 5.57 Å². The summed E-state index contributed by atoms with van der Waals surface area (Å²) in [5, 5.41) is 20.3. The van der Waals surface area contributed by atoms with Crippen LogP contribution in [0.25, 0.3) is 6.08 Å². The number of ketones is 1. The van der Waals surface area contributed by atoms with E-state index in [2.05, 4.69) is 40.3 Å². The number of aliphatic hydroxyl groups is 1. The number of nitriles is 1. The van der Waals surface area contributed by atoms with Crippen LogP contribution in [0.15, 0.2) is 48.6 Å². The van der Waals surface area contributed by atoms with E-state index >= 15 is 0 Å². The first-order valence-corrected chi connectivity index (χ1v) is 13.1. The molecule has 7 atom stereocenters. The van der Waals surface area contributed by atoms with Gasteiger partial charge in [0.1, 0.15) is 0 Å². The van der Waals surface area contributed by atoms with Gasteiger partial charge in [-0.05, 0) is 72.8 Å². The van der Waals surface area contributed by atoms with Gasteiger partial charge in [0.15, 0.2) is 5.78 Å². The Bertz CT molecular complexity index is 867. The van der Waals surface area contributed by atoms with Crippen molar-refractivity contribution in [1.82, 2.24) is 0 Å². The molecule has 1 saturated carbocycles. The molecule has 186 valence electrons. The number of rotatable bonds is 12. The number of aliphatic hydroxyl groups excluding tert-OH is 1. The summed E-state index contributed by atoms with van der Waals surface area (Å²) in [6.45, 7) is 15.2. The van der Waals surface area contributed by atoms with Crippen molar-refractivity contribution in [3.8, 4) is 6.07 Å². The fourth-order valence-electron chi connectivity index (χ4n) is 5.80. The Morgan fingerprint density at radius 1 is 1.26 bits per heavy atom. The Kier molecular flexibility index (Phi) is 10.8. The zero-order valence-electron chi connectivity index (χ0n) is 22.0. The van der Waals surface area contributed by atoms with Gasteiger partial charge in [0.25, 0.3) is 0 Å². The molecule has 1 aliphatic rings. The predicted octanol–water partition coefficient (Wildman–Crippen LogP) is 7.62. The molecule has 0 aromatic heterocycles. The summed E-state index contributed by atoms with van der Waals surface area (Å²) < 4.78 is 0. The van der Waals surface area contributed by atoms with Crippen LogP contribution < -0.4 is 0 Å². The summed E-state index contributed by atoms with van der Waals surface area (Å²) in [5.41, 5.74) is 2.30. The number of benzene rings is 1. The molecule has 0 amide bonds. The van der Waals surface area contributed by atoms with Crippen LogP contribution in [0.4, 0.5) is 0 Å². The van der Waals surface area contributed by atoms with Crippen LogP contribution in [0.5, 0.6) is 0 Å². The van der Waals surface area contributed by atoms with Crippen molar-refractivity contribution in [2.75, 3.05) is 0 Å². The largest absolute Gasteiger partial charge is 0.391 e. The number of carbonyl (C=O) groups excluding carboxylic acids is 1. The third-order valence-electron chi connectivity index (χ3n) is 8.14. The first kappa shape index (κ1) is 28.1. The second kappa shape index (κ2) is 13.1. The number of hydrogen-bond acceptors (Lipinski definition) is 3. The molecule has 1 aromatic carbocycles. The zero-order valence-corrected chi connectivity index (χ0v) is 22.0. The van der Waals surface area contributed by atoms with Gasteiger partial charge in [-0.2, -0.15) is 5.26 Å². The highest BCUT2D eigenvalue weighted by molar-refractivity contribution is 5.93. The Morgan fingerprint density at radius 2 is 1.94 bits per heavy atom. The fourth-order valence-corrected chi connectivity index (χ4v) is 5.80. The molecule has 1 N–H and O–H groups in total. The van der Waals surface area contributed by atoms with Gasteiger partial charge in [-0.15, -0.1) is 0 Å². The molecular formula is C31H45NO2. The molecule has 1 fully saturated rings. The van der Waals surface area contributed by atoms with Crippen LogP contribution in [0.1, 0.15) is 85.1 Å². The van der Waals surface area contributed by atoms with E-state index in [0.29, 0.717) is 18.3 Å². The minimum atomic E-state index is -0.604. The average molecular weight is 464 g/mol. The van der Waals surface area contributed by atoms with E-state index in [1.807, 2.05) is 43.3 Å². The van der Waals surface area contributed by atoms with E-state index in [9.17, 15) is 15.2 Å². The molecule has 0 radical (unpaired) electrons. The second-order valence-corrected chi connectivity index (χ2v) is 11.2. The average Bonchev–Trinajstić information content (AvgIpc) is 2.81. The fraction of sp³-hybridized carbons (Fsp3) is 0.613. The summed E-state index contributed by atoms with van der Waals surface area (Å²) in [6, 6.07) is 12.3. The molecule has 0 heterocycles. The number of hydrogen-bond donors (Lipinski definition) is 1. The maximum Gasteiger partial charge on any atom is 0.155 e. The molecule has 0 bridgehead atoms. The van der Waals surface area contributed by atoms with E-state index in [0.717, 1.165) is 44.1 Å². The van der Waals surface area contributed by atoms with Crippen LogP contribution in [0.2, 0.25) is 0 Å². The summed E-state index contributed by atoms with van der Waals surface area (Å²) in [7, 11) is 0. The Morgan fingerprint density at radius 3 is 2.56 bits per heavy atom. The smallest absolute Gasteiger partial charge is 0.155 e. The van der Waals surface area contributed by atoms with Crippen LogP contribution in [0, 0.1) is 46.3 Å². The lowest BCUT2D eigenvalue weighted by Crippen LogP contribution is -2.33. The van der Waals surface area contributed by atoms with Crippen LogP contribution in [-0.4, -0.2) is 17.0 Å². The SMILES string of the molecule is C=C(CCC(C)C(O)C(C#N)C(C)CC)[C@]1(C)C[C@@H](C)C[C@H](CC(=O)/C=C/c2ccccc2)C1. The molecule has 0 aliphatic heterocycles. The van der Waals surface area contributed by atoms with E-state index < -0.39 is 6.10 Å². The van der Waals surface area contributed by atoms with Crippen molar-refractivity contribution >= 4 is 11.9 Å². The summed E-state index contributed by atoms with van der Waals surface area (Å²) in [6.07, 6.45) is 9.38. The van der Waals surface area contributed by atoms with E-state index in [1.54, 1.807) is 6.08 Å². The summed E-state index contributed by atoms with van der Waals surface area (Å²) in [5.74, 6) is 1.05. The van der Waals surface area contributed by atoms with Crippen molar-refractivity contribution in [3.05, 3.63) is 54.1 Å². The molecule has 1 aromatic rings. The monoisotopic (exact) mass is 463 g/mol. The van der Waals surface area contributed by atoms with Gasteiger partial charge in [0, 0.05) is 6.42 Å². The number of carbonyl (C=O) groups is 1.